The molecule has 0 aliphatic carbocycles. The van der Waals surface area contributed by atoms with E-state index in [1.807, 2.05) is 6.07 Å². The van der Waals surface area contributed by atoms with Crippen molar-refractivity contribution in [2.75, 3.05) is 11.4 Å². The molecule has 1 aromatic carbocycles. The maximum absolute atomic E-state index is 11.7. The maximum Gasteiger partial charge on any atom is 0.305 e. The Morgan fingerprint density at radius 2 is 2.11 bits per heavy atom. The Morgan fingerprint density at radius 3 is 2.72 bits per heavy atom. The summed E-state index contributed by atoms with van der Waals surface area (Å²) in [5.41, 5.74) is 0.810. The van der Waals surface area contributed by atoms with Crippen LogP contribution in [0.1, 0.15) is 22.3 Å². The summed E-state index contributed by atoms with van der Waals surface area (Å²) in [4.78, 5) is 35.0. The Hall–Kier alpha value is -2.68. The number of aliphatic carboxylic acids is 1. The summed E-state index contributed by atoms with van der Waals surface area (Å²) in [6.45, 7) is -0.0567. The third-order valence-electron chi connectivity index (χ3n) is 2.65. The number of benzene rings is 1. The second kappa shape index (κ2) is 4.30. The number of hydrogen-bond acceptors (Lipinski definition) is 4. The summed E-state index contributed by atoms with van der Waals surface area (Å²) in [5, 5.41) is 17.3. The maximum atomic E-state index is 11.7. The van der Waals surface area contributed by atoms with Gasteiger partial charge in [-0.2, -0.15) is 5.26 Å². The van der Waals surface area contributed by atoms with E-state index in [-0.39, 0.29) is 24.1 Å². The normalized spacial score (nSPS) is 13.4. The standard InChI is InChI=1S/C12H8N2O4/c13-6-7-1-2-9-8(5-7)11(17)12(18)14(9)4-3-10(15)16/h1-2,5H,3-4H2,(H,15,16). The van der Waals surface area contributed by atoms with Gasteiger partial charge in [-0.15, -0.1) is 0 Å². The van der Waals surface area contributed by atoms with Gasteiger partial charge in [-0.1, -0.05) is 0 Å². The van der Waals surface area contributed by atoms with E-state index in [1.165, 1.54) is 18.2 Å². The third-order valence-corrected chi connectivity index (χ3v) is 2.65. The highest BCUT2D eigenvalue weighted by Gasteiger charge is 2.35. The summed E-state index contributed by atoms with van der Waals surface area (Å²) >= 11 is 0. The minimum absolute atomic E-state index is 0.0567. The largest absolute Gasteiger partial charge is 0.481 e. The number of fused-ring (bicyclic) bond motifs is 1. The van der Waals surface area contributed by atoms with Gasteiger partial charge in [0.15, 0.2) is 0 Å². The molecule has 2 rings (SSSR count). The van der Waals surface area contributed by atoms with E-state index in [2.05, 4.69) is 0 Å². The second-order valence-corrected chi connectivity index (χ2v) is 3.77. The summed E-state index contributed by atoms with van der Waals surface area (Å²) < 4.78 is 0. The van der Waals surface area contributed by atoms with E-state index >= 15 is 0 Å². The summed E-state index contributed by atoms with van der Waals surface area (Å²) in [6, 6.07) is 6.19. The van der Waals surface area contributed by atoms with Gasteiger partial charge in [-0.3, -0.25) is 14.4 Å². The molecule has 0 aromatic heterocycles. The number of amides is 1. The van der Waals surface area contributed by atoms with Crippen LogP contribution < -0.4 is 4.90 Å². The molecule has 0 radical (unpaired) electrons. The number of ketones is 1. The van der Waals surface area contributed by atoms with Crippen LogP contribution in [0.4, 0.5) is 5.69 Å². The van der Waals surface area contributed by atoms with E-state index in [0.717, 1.165) is 4.90 Å². The van der Waals surface area contributed by atoms with Crippen molar-refractivity contribution in [2.24, 2.45) is 0 Å². The minimum atomic E-state index is -1.04. The Balaban J connectivity index is 2.38. The average molecular weight is 244 g/mol. The molecule has 6 nitrogen and oxygen atoms in total. The van der Waals surface area contributed by atoms with Gasteiger partial charge in [-0.05, 0) is 18.2 Å². The predicted molar refractivity (Wildman–Crippen MR) is 60.1 cm³/mol. The predicted octanol–water partition coefficient (Wildman–Crippen LogP) is 0.562. The van der Waals surface area contributed by atoms with Gasteiger partial charge < -0.3 is 10.0 Å². The molecule has 0 saturated heterocycles. The monoisotopic (exact) mass is 244 g/mol. The first-order chi connectivity index (χ1) is 8.54. The van der Waals surface area contributed by atoms with Crippen LogP contribution in [0.25, 0.3) is 0 Å². The lowest BCUT2D eigenvalue weighted by Crippen LogP contribution is -2.31. The number of nitriles is 1. The average Bonchev–Trinajstić information content (AvgIpc) is 2.59. The van der Waals surface area contributed by atoms with Crippen molar-refractivity contribution >= 4 is 23.3 Å². The highest BCUT2D eigenvalue weighted by molar-refractivity contribution is 6.52. The SMILES string of the molecule is N#Cc1ccc2c(c1)C(=O)C(=O)N2CCC(=O)O. The molecule has 0 saturated carbocycles. The lowest BCUT2D eigenvalue weighted by molar-refractivity contribution is -0.136. The van der Waals surface area contributed by atoms with Crippen molar-refractivity contribution in [3.05, 3.63) is 29.3 Å². The van der Waals surface area contributed by atoms with Gasteiger partial charge in [-0.25, -0.2) is 0 Å². The number of hydrogen-bond donors (Lipinski definition) is 1. The quantitative estimate of drug-likeness (QED) is 0.783. The number of carbonyl (C=O) groups is 3. The van der Waals surface area contributed by atoms with E-state index in [9.17, 15) is 14.4 Å². The van der Waals surface area contributed by atoms with Gasteiger partial charge in [0.05, 0.1) is 29.3 Å². The van der Waals surface area contributed by atoms with E-state index in [4.69, 9.17) is 10.4 Å². The zero-order valence-electron chi connectivity index (χ0n) is 9.21. The highest BCUT2D eigenvalue weighted by Crippen LogP contribution is 2.29. The van der Waals surface area contributed by atoms with Crippen LogP contribution in [0.15, 0.2) is 18.2 Å². The Bertz CT molecular complexity index is 601. The van der Waals surface area contributed by atoms with Gasteiger partial charge in [0, 0.05) is 6.54 Å². The minimum Gasteiger partial charge on any atom is -0.481 e. The van der Waals surface area contributed by atoms with Crippen molar-refractivity contribution in [2.45, 2.75) is 6.42 Å². The topological polar surface area (TPSA) is 98.5 Å². The molecule has 18 heavy (non-hydrogen) atoms. The van der Waals surface area contributed by atoms with Crippen molar-refractivity contribution in [3.63, 3.8) is 0 Å². The van der Waals surface area contributed by atoms with E-state index in [0.29, 0.717) is 5.69 Å². The lowest BCUT2D eigenvalue weighted by atomic mass is 10.1. The molecule has 1 amide bonds. The summed E-state index contributed by atoms with van der Waals surface area (Å²) in [7, 11) is 0. The van der Waals surface area contributed by atoms with E-state index < -0.39 is 17.7 Å². The first-order valence-electron chi connectivity index (χ1n) is 5.16. The number of Topliss-reactive ketones (excluding diaryl/α,β-unsaturated/α-hetero) is 1. The molecule has 0 spiro atoms. The van der Waals surface area contributed by atoms with Gasteiger partial charge in [0.25, 0.3) is 11.7 Å². The van der Waals surface area contributed by atoms with Gasteiger partial charge >= 0.3 is 5.97 Å². The number of rotatable bonds is 3. The highest BCUT2D eigenvalue weighted by atomic mass is 16.4. The molecule has 0 bridgehead atoms. The van der Waals surface area contributed by atoms with Crippen molar-refractivity contribution in [1.29, 1.82) is 5.26 Å². The van der Waals surface area contributed by atoms with Crippen molar-refractivity contribution in [3.8, 4) is 6.07 Å². The molecule has 0 unspecified atom stereocenters. The molecule has 1 aliphatic rings. The molecule has 90 valence electrons. The van der Waals surface area contributed by atoms with E-state index in [1.54, 1.807) is 0 Å². The Labute approximate surface area is 102 Å². The van der Waals surface area contributed by atoms with Crippen LogP contribution in [0.5, 0.6) is 0 Å². The molecular weight excluding hydrogens is 236 g/mol. The number of carboxylic acids is 1. The van der Waals surface area contributed by atoms with Crippen molar-refractivity contribution < 1.29 is 19.5 Å². The zero-order chi connectivity index (χ0) is 13.3. The Morgan fingerprint density at radius 1 is 1.39 bits per heavy atom. The van der Waals surface area contributed by atoms with Crippen LogP contribution in [0.2, 0.25) is 0 Å². The molecule has 6 heteroatoms. The fourth-order valence-corrected chi connectivity index (χ4v) is 1.80. The number of carboxylic acid groups (broad SMARTS) is 1. The van der Waals surface area contributed by atoms with Gasteiger partial charge in [0.2, 0.25) is 0 Å². The molecule has 1 aromatic rings. The molecular formula is C12H8N2O4. The zero-order valence-corrected chi connectivity index (χ0v) is 9.21. The van der Waals surface area contributed by atoms with Gasteiger partial charge in [0.1, 0.15) is 0 Å². The number of anilines is 1. The summed E-state index contributed by atoms with van der Waals surface area (Å²) in [5.74, 6) is -2.49. The third kappa shape index (κ3) is 1.82. The van der Waals surface area contributed by atoms with Crippen molar-refractivity contribution in [1.82, 2.24) is 0 Å². The lowest BCUT2D eigenvalue weighted by Gasteiger charge is -2.14. The van der Waals surface area contributed by atoms with Crippen LogP contribution in [-0.4, -0.2) is 29.3 Å². The second-order valence-electron chi connectivity index (χ2n) is 3.77. The van der Waals surface area contributed by atoms with Crippen LogP contribution in [0, 0.1) is 11.3 Å². The Kier molecular flexibility index (Phi) is 2.81. The van der Waals surface area contributed by atoms with Crippen LogP contribution >= 0.6 is 0 Å². The first-order valence-corrected chi connectivity index (χ1v) is 5.16. The summed E-state index contributed by atoms with van der Waals surface area (Å²) in [6.07, 6.45) is -0.238. The fraction of sp³-hybridized carbons (Fsp3) is 0.167. The fourth-order valence-electron chi connectivity index (χ4n) is 1.80. The molecule has 1 aliphatic heterocycles. The van der Waals surface area contributed by atoms with Crippen LogP contribution in [-0.2, 0) is 9.59 Å². The van der Waals surface area contributed by atoms with Crippen LogP contribution in [0.3, 0.4) is 0 Å². The molecule has 0 fully saturated rings. The molecule has 1 heterocycles. The molecule has 1 N–H and O–H groups in total. The molecule has 0 atom stereocenters. The first kappa shape index (κ1) is 11.8. The number of carbonyl (C=O) groups excluding carboxylic acids is 2. The smallest absolute Gasteiger partial charge is 0.305 e. The number of nitrogens with zero attached hydrogens (tertiary/aromatic N) is 2.